The van der Waals surface area contributed by atoms with E-state index in [2.05, 4.69) is 30.4 Å². The lowest BCUT2D eigenvalue weighted by Gasteiger charge is -2.30. The second-order valence-corrected chi connectivity index (χ2v) is 25.6. The van der Waals surface area contributed by atoms with Gasteiger partial charge in [-0.3, -0.25) is 28.5 Å². The van der Waals surface area contributed by atoms with E-state index in [0.29, 0.717) is 88.9 Å². The number of carbonyl (C=O) groups excluding carboxylic acids is 3. The number of primary amides is 1. The van der Waals surface area contributed by atoms with Crippen molar-refractivity contribution >= 4 is 84.0 Å². The number of nitrogens with two attached hydrogens (primary N) is 1. The standard InChI is InChI=1S/C65H69ClFN9O11S2/c1-8-75-51-29-25-42(88(80,81)82)35-47(51)64(3,4)55(75)20-11-10-12-21-56-65(5,48-36-43(89(83,84)85)26-30-52(48)76(56)9-2)31-16-22-57(77)69-32-14-13-18-50(61(68)78)73-62(79)45-28-24-41(34-54(45)87-7)72-63-71-38-39-37-70-60(58-49(67)17-15-19-53(58)86-6)46-33-40(66)23-27-44(46)59(39)74-63/h10-12,15,17,19-21,23-30,33-36,38,50H,8-9,13-14,16,18,22,31-32,37H2,1-7H3,(H6-,68,69,71,72,73,74,77,78,79,80,81,82,83,84,85)/p+1/t50-,65?/m1/s1. The molecule has 0 fully saturated rings. The molecule has 4 heterocycles. The Morgan fingerprint density at radius 1 is 0.865 bits per heavy atom. The number of ether oxygens (including phenoxy) is 2. The van der Waals surface area contributed by atoms with Gasteiger partial charge in [0.15, 0.2) is 5.71 Å². The number of hydrogen-bond donors (Lipinski definition) is 6. The second kappa shape index (κ2) is 26.6. The topological polar surface area (TPSA) is 285 Å². The molecule has 89 heavy (non-hydrogen) atoms. The molecule has 1 unspecified atom stereocenters. The maximum absolute atomic E-state index is 15.4. The number of rotatable bonds is 24. The van der Waals surface area contributed by atoms with Crippen molar-refractivity contribution in [2.45, 2.75) is 106 Å². The van der Waals surface area contributed by atoms with Gasteiger partial charge in [0, 0.05) is 93.7 Å². The highest BCUT2D eigenvalue weighted by Crippen LogP contribution is 2.51. The van der Waals surface area contributed by atoms with Crippen molar-refractivity contribution in [1.29, 1.82) is 0 Å². The first-order valence-electron chi connectivity index (χ1n) is 28.9. The normalized spacial score (nSPS) is 16.8. The number of anilines is 3. The summed E-state index contributed by atoms with van der Waals surface area (Å²) in [7, 11) is -6.10. The van der Waals surface area contributed by atoms with Crippen LogP contribution in [0.3, 0.4) is 0 Å². The van der Waals surface area contributed by atoms with Gasteiger partial charge in [-0.15, -0.1) is 0 Å². The van der Waals surface area contributed by atoms with Crippen molar-refractivity contribution in [3.05, 3.63) is 177 Å². The Balaban J connectivity index is 0.801. The maximum atomic E-state index is 15.4. The summed E-state index contributed by atoms with van der Waals surface area (Å²) in [5.74, 6) is -1.39. The number of hydrogen-bond acceptors (Lipinski definition) is 14. The number of halogens is 2. The second-order valence-electron chi connectivity index (χ2n) is 22.3. The van der Waals surface area contributed by atoms with Gasteiger partial charge in [0.2, 0.25) is 23.5 Å². The lowest BCUT2D eigenvalue weighted by molar-refractivity contribution is -0.433. The smallest absolute Gasteiger partial charge is 0.294 e. The van der Waals surface area contributed by atoms with Gasteiger partial charge >= 0.3 is 0 Å². The number of aliphatic imine (C=N–C) groups is 1. The van der Waals surface area contributed by atoms with Crippen LogP contribution in [0.2, 0.25) is 5.02 Å². The number of unbranched alkanes of at least 4 members (excludes halogenated alkanes) is 1. The first-order valence-corrected chi connectivity index (χ1v) is 32.2. The SMILES string of the molecule is CCN1/C(=C/C=C/C=C/C2=[N+](CC)c3ccc(S(=O)(=O)O)cc3C2(C)C)C(C)(CCCC(=O)NCCCC[C@@H](NC(=O)c2ccc(Nc3ncc4c(n3)-c3ccc(Cl)cc3C(c3c(F)cccc3OC)=NC4)cc2OC)C(N)=O)c2cc(S(=O)(=O)O)ccc21. The van der Waals surface area contributed by atoms with Gasteiger partial charge in [-0.05, 0) is 145 Å². The molecule has 6 aromatic rings. The number of allylic oxidation sites excluding steroid dienone is 6. The molecule has 3 aliphatic rings. The lowest BCUT2D eigenvalue weighted by Crippen LogP contribution is -2.44. The molecule has 1 aromatic heterocycles. The quantitative estimate of drug-likeness (QED) is 0.0142. The molecule has 5 aromatic carbocycles. The van der Waals surface area contributed by atoms with Crippen LogP contribution in [0.15, 0.2) is 148 Å². The average Bonchev–Trinajstić information content (AvgIpc) is 1.70. The zero-order chi connectivity index (χ0) is 64.2. The van der Waals surface area contributed by atoms with Crippen LogP contribution in [0, 0.1) is 5.82 Å². The molecule has 2 atom stereocenters. The van der Waals surface area contributed by atoms with Crippen molar-refractivity contribution in [2.75, 3.05) is 44.1 Å². The molecule has 3 amide bonds. The summed E-state index contributed by atoms with van der Waals surface area (Å²) in [4.78, 5) is 55.5. The predicted molar refractivity (Wildman–Crippen MR) is 340 cm³/mol. The number of likely N-dealkylation sites (N-methyl/N-ethyl adjacent to an activating group) is 1. The van der Waals surface area contributed by atoms with Crippen LogP contribution in [0.5, 0.6) is 11.5 Å². The van der Waals surface area contributed by atoms with Gasteiger partial charge in [-0.1, -0.05) is 42.0 Å². The van der Waals surface area contributed by atoms with Crippen molar-refractivity contribution in [3.63, 3.8) is 0 Å². The molecule has 0 saturated carbocycles. The fourth-order valence-corrected chi connectivity index (χ4v) is 13.1. The third kappa shape index (κ3) is 13.7. The van der Waals surface area contributed by atoms with Crippen molar-refractivity contribution < 1.29 is 58.8 Å². The molecule has 20 nitrogen and oxygen atoms in total. The van der Waals surface area contributed by atoms with E-state index >= 15 is 4.39 Å². The summed E-state index contributed by atoms with van der Waals surface area (Å²) in [5.41, 5.74) is 12.8. The highest BCUT2D eigenvalue weighted by molar-refractivity contribution is 7.86. The fourth-order valence-electron chi connectivity index (χ4n) is 11.9. The average molecular weight is 1270 g/mol. The molecule has 0 radical (unpaired) electrons. The van der Waals surface area contributed by atoms with E-state index in [1.54, 1.807) is 60.8 Å². The Kier molecular flexibility index (Phi) is 19.4. The van der Waals surface area contributed by atoms with E-state index in [1.165, 1.54) is 50.6 Å². The molecular weight excluding hydrogens is 1200 g/mol. The largest absolute Gasteiger partial charge is 0.496 e. The van der Waals surface area contributed by atoms with Gasteiger partial charge in [0.05, 0.1) is 58.5 Å². The van der Waals surface area contributed by atoms with Crippen LogP contribution in [0.1, 0.15) is 111 Å². The molecule has 0 bridgehead atoms. The molecular formula is C65H70ClFN9O11S2+. The van der Waals surface area contributed by atoms with Gasteiger partial charge in [0.25, 0.3) is 26.1 Å². The number of nitrogens with zero attached hydrogens (tertiary/aromatic N) is 5. The number of nitrogens with one attached hydrogen (secondary N) is 3. The first-order chi connectivity index (χ1) is 42.3. The number of aromatic nitrogens is 2. The number of amides is 3. The molecule has 0 saturated heterocycles. The monoisotopic (exact) mass is 1270 g/mol. The van der Waals surface area contributed by atoms with E-state index in [0.717, 1.165) is 28.3 Å². The summed E-state index contributed by atoms with van der Waals surface area (Å²) in [6.07, 6.45) is 13.2. The first kappa shape index (κ1) is 64.9. The van der Waals surface area contributed by atoms with Crippen LogP contribution >= 0.6 is 11.6 Å². The Hall–Kier alpha value is -8.61. The highest BCUT2D eigenvalue weighted by atomic mass is 35.5. The summed E-state index contributed by atoms with van der Waals surface area (Å²) < 4.78 is 97.4. The number of benzene rings is 5. The van der Waals surface area contributed by atoms with E-state index in [4.69, 9.17) is 36.8 Å². The Morgan fingerprint density at radius 3 is 2.29 bits per heavy atom. The summed E-state index contributed by atoms with van der Waals surface area (Å²) >= 11 is 6.49. The van der Waals surface area contributed by atoms with E-state index in [9.17, 15) is 40.3 Å². The van der Waals surface area contributed by atoms with Gasteiger partial charge in [-0.2, -0.15) is 21.4 Å². The molecule has 466 valence electrons. The van der Waals surface area contributed by atoms with Gasteiger partial charge in [-0.25, -0.2) is 14.4 Å². The van der Waals surface area contributed by atoms with Crippen LogP contribution < -0.4 is 36.1 Å². The van der Waals surface area contributed by atoms with Crippen molar-refractivity contribution in [2.24, 2.45) is 10.7 Å². The summed E-state index contributed by atoms with van der Waals surface area (Å²) in [6, 6.07) is 22.6. The Bertz CT molecular complexity index is 4210. The van der Waals surface area contributed by atoms with Crippen LogP contribution in [-0.2, 0) is 47.2 Å². The van der Waals surface area contributed by atoms with Gasteiger partial charge < -0.3 is 36.1 Å². The number of fused-ring (bicyclic) bond motifs is 5. The summed E-state index contributed by atoms with van der Waals surface area (Å²) in [5, 5.41) is 9.25. The number of carbonyl (C=O) groups is 3. The Labute approximate surface area is 522 Å². The van der Waals surface area contributed by atoms with Gasteiger partial charge in [0.1, 0.15) is 29.9 Å². The maximum Gasteiger partial charge on any atom is 0.294 e. The van der Waals surface area contributed by atoms with Crippen molar-refractivity contribution in [1.82, 2.24) is 20.6 Å². The predicted octanol–water partition coefficient (Wildman–Crippen LogP) is 10.5. The van der Waals surface area contributed by atoms with Crippen molar-refractivity contribution in [3.8, 4) is 22.8 Å². The summed E-state index contributed by atoms with van der Waals surface area (Å²) in [6.45, 7) is 11.5. The molecule has 7 N–H and O–H groups in total. The minimum Gasteiger partial charge on any atom is -0.496 e. The minimum atomic E-state index is -4.55. The number of methoxy groups -OCH3 is 2. The van der Waals surface area contributed by atoms with E-state index in [1.807, 2.05) is 65.0 Å². The molecule has 0 spiro atoms. The fraction of sp³-hybridized carbons (Fsp3) is 0.308. The van der Waals surface area contributed by atoms with Crippen LogP contribution in [0.4, 0.5) is 27.4 Å². The minimum absolute atomic E-state index is 0.129. The van der Waals surface area contributed by atoms with E-state index < -0.39 is 54.7 Å². The molecule has 3 aliphatic heterocycles. The van der Waals surface area contributed by atoms with Crippen LogP contribution in [0.25, 0.3) is 11.3 Å². The van der Waals surface area contributed by atoms with Crippen LogP contribution in [-0.4, -0.2) is 110 Å². The zero-order valence-electron chi connectivity index (χ0n) is 50.2. The molecule has 0 aliphatic carbocycles. The lowest BCUT2D eigenvalue weighted by atomic mass is 9.77. The zero-order valence-corrected chi connectivity index (χ0v) is 52.6. The third-order valence-corrected chi connectivity index (χ3v) is 18.3. The van der Waals surface area contributed by atoms with E-state index in [-0.39, 0.29) is 64.5 Å². The third-order valence-electron chi connectivity index (χ3n) is 16.4. The highest BCUT2D eigenvalue weighted by Gasteiger charge is 2.45. The Morgan fingerprint density at radius 2 is 1.60 bits per heavy atom. The molecule has 9 rings (SSSR count). The molecule has 24 heteroatoms.